The van der Waals surface area contributed by atoms with Crippen LogP contribution in [-0.4, -0.2) is 53.2 Å². The van der Waals surface area contributed by atoms with E-state index in [0.717, 1.165) is 0 Å². The van der Waals surface area contributed by atoms with E-state index in [1.165, 1.54) is 17.2 Å². The van der Waals surface area contributed by atoms with Crippen molar-refractivity contribution in [2.45, 2.75) is 12.1 Å². The number of rotatable bonds is 2. The minimum atomic E-state index is -0.558. The lowest BCUT2D eigenvalue weighted by Crippen LogP contribution is -2.44. The Balaban J connectivity index is 2.12. The van der Waals surface area contributed by atoms with Crippen molar-refractivity contribution in [3.63, 3.8) is 0 Å². The molecule has 0 spiro atoms. The van der Waals surface area contributed by atoms with Gasteiger partial charge < -0.3 is 15.3 Å². The summed E-state index contributed by atoms with van der Waals surface area (Å²) in [5, 5.41) is 21.4. The number of nitrogens with one attached hydrogen (secondary N) is 1. The number of aliphatic hydroxyl groups excluding tert-OH is 1. The third kappa shape index (κ3) is 2.32. The summed E-state index contributed by atoms with van der Waals surface area (Å²) in [4.78, 5) is 17.6. The van der Waals surface area contributed by atoms with E-state index >= 15 is 0 Å². The molecule has 6 heteroatoms. The molecular formula is C12H14N4O2. The van der Waals surface area contributed by atoms with Gasteiger partial charge in [-0.2, -0.15) is 5.26 Å². The predicted octanol–water partition coefficient (Wildman–Crippen LogP) is -0.642. The first-order valence-corrected chi connectivity index (χ1v) is 5.65. The Morgan fingerprint density at radius 1 is 1.61 bits per heavy atom. The summed E-state index contributed by atoms with van der Waals surface area (Å²) < 4.78 is 0. The molecule has 0 aliphatic carbocycles. The van der Waals surface area contributed by atoms with Crippen LogP contribution in [-0.2, 0) is 0 Å². The lowest BCUT2D eigenvalue weighted by Gasteiger charge is -2.26. The van der Waals surface area contributed by atoms with Gasteiger partial charge in [0.05, 0.1) is 17.7 Å². The minimum absolute atomic E-state index is 0.241. The summed E-state index contributed by atoms with van der Waals surface area (Å²) in [6.45, 7) is 1.06. The van der Waals surface area contributed by atoms with Crippen LogP contribution in [0.2, 0.25) is 0 Å². The molecule has 0 saturated carbocycles. The first-order chi connectivity index (χ1) is 8.63. The molecule has 1 aliphatic heterocycles. The first kappa shape index (κ1) is 12.5. The Bertz CT molecular complexity index is 480. The van der Waals surface area contributed by atoms with E-state index < -0.39 is 6.10 Å². The highest BCUT2D eigenvalue weighted by atomic mass is 16.3. The van der Waals surface area contributed by atoms with Crippen LogP contribution < -0.4 is 5.32 Å². The molecule has 6 nitrogen and oxygen atoms in total. The molecule has 0 aromatic carbocycles. The largest absolute Gasteiger partial charge is 0.390 e. The summed E-state index contributed by atoms with van der Waals surface area (Å²) in [5.74, 6) is -0.257. The zero-order valence-electron chi connectivity index (χ0n) is 10.00. The van der Waals surface area contributed by atoms with E-state index in [0.29, 0.717) is 18.7 Å². The monoisotopic (exact) mass is 246 g/mol. The number of hydrogen-bond acceptors (Lipinski definition) is 5. The van der Waals surface area contributed by atoms with Crippen molar-refractivity contribution < 1.29 is 9.90 Å². The fourth-order valence-corrected chi connectivity index (χ4v) is 1.96. The van der Waals surface area contributed by atoms with Crippen molar-refractivity contribution in [1.82, 2.24) is 15.2 Å². The van der Waals surface area contributed by atoms with Gasteiger partial charge in [-0.3, -0.25) is 4.79 Å². The second-order valence-corrected chi connectivity index (χ2v) is 4.25. The molecule has 0 bridgehead atoms. The number of pyridine rings is 1. The third-order valence-electron chi connectivity index (χ3n) is 3.08. The second-order valence-electron chi connectivity index (χ2n) is 4.25. The molecule has 94 valence electrons. The average molecular weight is 246 g/mol. The molecule has 18 heavy (non-hydrogen) atoms. The number of hydrogen-bond donors (Lipinski definition) is 2. The molecule has 2 heterocycles. The van der Waals surface area contributed by atoms with E-state index in [1.807, 2.05) is 6.07 Å². The molecule has 1 saturated heterocycles. The number of nitrogens with zero attached hydrogens (tertiary/aromatic N) is 3. The van der Waals surface area contributed by atoms with Gasteiger partial charge in [-0.05, 0) is 12.1 Å². The molecule has 0 unspecified atom stereocenters. The molecule has 1 aliphatic rings. The standard InChI is InChI=1S/C12H14N4O2/c1-16(10-6-14-7-11(10)17)12(18)9-3-2-8(4-13)5-15-9/h2-3,5,10-11,14,17H,6-7H2,1H3/t10-,11-/m1/s1. The molecule has 1 aromatic rings. The Morgan fingerprint density at radius 2 is 2.39 bits per heavy atom. The SMILES string of the molecule is CN(C(=O)c1ccc(C#N)cn1)[C@@H]1CNC[C@H]1O. The van der Waals surface area contributed by atoms with Crippen LogP contribution in [0.4, 0.5) is 0 Å². The van der Waals surface area contributed by atoms with Crippen molar-refractivity contribution in [3.05, 3.63) is 29.6 Å². The number of aromatic nitrogens is 1. The maximum atomic E-state index is 12.1. The summed E-state index contributed by atoms with van der Waals surface area (Å²) in [7, 11) is 1.64. The zero-order chi connectivity index (χ0) is 13.1. The number of carbonyl (C=O) groups excluding carboxylic acids is 1. The summed E-state index contributed by atoms with van der Waals surface area (Å²) in [6.07, 6.45) is 0.807. The molecule has 1 amide bonds. The van der Waals surface area contributed by atoms with Crippen molar-refractivity contribution in [2.75, 3.05) is 20.1 Å². The number of aliphatic hydroxyl groups is 1. The third-order valence-corrected chi connectivity index (χ3v) is 3.08. The highest BCUT2D eigenvalue weighted by Gasteiger charge is 2.31. The average Bonchev–Trinajstić information content (AvgIpc) is 2.83. The van der Waals surface area contributed by atoms with Gasteiger partial charge in [0, 0.05) is 26.3 Å². The normalized spacial score (nSPS) is 22.5. The van der Waals surface area contributed by atoms with E-state index in [2.05, 4.69) is 10.3 Å². The van der Waals surface area contributed by atoms with Crippen LogP contribution in [0.15, 0.2) is 18.3 Å². The fourth-order valence-electron chi connectivity index (χ4n) is 1.96. The maximum absolute atomic E-state index is 12.1. The number of carbonyl (C=O) groups is 1. The van der Waals surface area contributed by atoms with Crippen LogP contribution in [0.25, 0.3) is 0 Å². The molecular weight excluding hydrogens is 232 g/mol. The second kappa shape index (κ2) is 5.12. The molecule has 0 radical (unpaired) electrons. The van der Waals surface area contributed by atoms with E-state index in [9.17, 15) is 9.90 Å². The van der Waals surface area contributed by atoms with Crippen LogP contribution in [0.1, 0.15) is 16.1 Å². The van der Waals surface area contributed by atoms with Gasteiger partial charge in [0.15, 0.2) is 0 Å². The van der Waals surface area contributed by atoms with Crippen LogP contribution in [0, 0.1) is 11.3 Å². The van der Waals surface area contributed by atoms with Crippen LogP contribution in [0.5, 0.6) is 0 Å². The summed E-state index contributed by atoms with van der Waals surface area (Å²) in [6, 6.07) is 4.78. The number of nitriles is 1. The van der Waals surface area contributed by atoms with Gasteiger partial charge in [-0.1, -0.05) is 0 Å². The smallest absolute Gasteiger partial charge is 0.272 e. The molecule has 1 aromatic heterocycles. The Hall–Kier alpha value is -1.97. The first-order valence-electron chi connectivity index (χ1n) is 5.65. The minimum Gasteiger partial charge on any atom is -0.390 e. The highest BCUT2D eigenvalue weighted by Crippen LogP contribution is 2.11. The van der Waals surface area contributed by atoms with Gasteiger partial charge in [0.2, 0.25) is 0 Å². The van der Waals surface area contributed by atoms with Crippen molar-refractivity contribution in [3.8, 4) is 6.07 Å². The molecule has 2 rings (SSSR count). The van der Waals surface area contributed by atoms with Gasteiger partial charge in [-0.15, -0.1) is 0 Å². The van der Waals surface area contributed by atoms with Gasteiger partial charge in [-0.25, -0.2) is 4.98 Å². The summed E-state index contributed by atoms with van der Waals surface area (Å²) in [5.41, 5.74) is 0.687. The van der Waals surface area contributed by atoms with Gasteiger partial charge in [0.25, 0.3) is 5.91 Å². The van der Waals surface area contributed by atoms with Gasteiger partial charge in [0.1, 0.15) is 11.8 Å². The van der Waals surface area contributed by atoms with E-state index in [1.54, 1.807) is 13.1 Å². The lowest BCUT2D eigenvalue weighted by molar-refractivity contribution is 0.0576. The highest BCUT2D eigenvalue weighted by molar-refractivity contribution is 5.92. The van der Waals surface area contributed by atoms with Crippen molar-refractivity contribution in [1.29, 1.82) is 5.26 Å². The van der Waals surface area contributed by atoms with Crippen LogP contribution >= 0.6 is 0 Å². The van der Waals surface area contributed by atoms with Gasteiger partial charge >= 0.3 is 0 Å². The Kier molecular flexibility index (Phi) is 3.55. The molecule has 1 fully saturated rings. The zero-order valence-corrected chi connectivity index (χ0v) is 10.00. The molecule has 2 atom stereocenters. The van der Waals surface area contributed by atoms with E-state index in [-0.39, 0.29) is 17.6 Å². The molecule has 2 N–H and O–H groups in total. The van der Waals surface area contributed by atoms with Crippen LogP contribution in [0.3, 0.4) is 0 Å². The quantitative estimate of drug-likeness (QED) is 0.724. The lowest BCUT2D eigenvalue weighted by atomic mass is 10.1. The number of amides is 1. The fraction of sp³-hybridized carbons (Fsp3) is 0.417. The number of β-amino-alcohol motifs (C(OH)–C–C–N with tert-alkyl or cyclic N) is 1. The number of likely N-dealkylation sites (N-methyl/N-ethyl adjacent to an activating group) is 1. The maximum Gasteiger partial charge on any atom is 0.272 e. The van der Waals surface area contributed by atoms with Crippen molar-refractivity contribution in [2.24, 2.45) is 0 Å². The Labute approximate surface area is 105 Å². The van der Waals surface area contributed by atoms with Crippen molar-refractivity contribution >= 4 is 5.91 Å². The summed E-state index contributed by atoms with van der Waals surface area (Å²) >= 11 is 0. The predicted molar refractivity (Wildman–Crippen MR) is 63.7 cm³/mol. The topological polar surface area (TPSA) is 89.2 Å². The Morgan fingerprint density at radius 3 is 2.89 bits per heavy atom. The van der Waals surface area contributed by atoms with E-state index in [4.69, 9.17) is 5.26 Å².